The van der Waals surface area contributed by atoms with Crippen LogP contribution in [0, 0.1) is 0 Å². The summed E-state index contributed by atoms with van der Waals surface area (Å²) in [6.45, 7) is 0.919. The standard InChI is InChI=1S/C23H16ClN3O3/c24-17-12-21-22(30-10-9-29-21)13-20(17)27-23(28)16-11-19(14-5-7-25-8-6-14)26-18-4-2-1-3-15(16)18/h1-8,11-13H,9-10H2,(H,27,28). The second kappa shape index (κ2) is 7.65. The van der Waals surface area contributed by atoms with Gasteiger partial charge < -0.3 is 14.8 Å². The largest absolute Gasteiger partial charge is 0.486 e. The molecule has 0 saturated heterocycles. The fraction of sp³-hybridized carbons (Fsp3) is 0.0870. The third-order valence-electron chi connectivity index (χ3n) is 4.82. The molecule has 7 heteroatoms. The van der Waals surface area contributed by atoms with E-state index < -0.39 is 0 Å². The van der Waals surface area contributed by atoms with Crippen LogP contribution in [0.15, 0.2) is 67.0 Å². The van der Waals surface area contributed by atoms with E-state index in [2.05, 4.69) is 10.3 Å². The van der Waals surface area contributed by atoms with Gasteiger partial charge in [-0.1, -0.05) is 29.8 Å². The Labute approximate surface area is 177 Å². The number of carbonyl (C=O) groups is 1. The highest BCUT2D eigenvalue weighted by Crippen LogP contribution is 2.38. The molecule has 3 heterocycles. The number of nitrogens with one attached hydrogen (secondary N) is 1. The first-order valence-electron chi connectivity index (χ1n) is 9.40. The molecule has 1 N–H and O–H groups in total. The van der Waals surface area contributed by atoms with Gasteiger partial charge in [0.2, 0.25) is 0 Å². The molecule has 30 heavy (non-hydrogen) atoms. The van der Waals surface area contributed by atoms with E-state index in [1.54, 1.807) is 30.6 Å². The lowest BCUT2D eigenvalue weighted by Gasteiger charge is -2.20. The molecule has 1 aliphatic heterocycles. The molecule has 0 fully saturated rings. The fourth-order valence-electron chi connectivity index (χ4n) is 3.38. The number of fused-ring (bicyclic) bond motifs is 2. The predicted octanol–water partition coefficient (Wildman–Crippen LogP) is 4.97. The minimum absolute atomic E-state index is 0.289. The number of anilines is 1. The van der Waals surface area contributed by atoms with Gasteiger partial charge in [-0.05, 0) is 24.3 Å². The molecule has 0 unspecified atom stereocenters. The summed E-state index contributed by atoms with van der Waals surface area (Å²) >= 11 is 6.37. The number of ether oxygens (including phenoxy) is 2. The second-order valence-corrected chi connectivity index (χ2v) is 7.15. The van der Waals surface area contributed by atoms with Crippen molar-refractivity contribution in [1.82, 2.24) is 9.97 Å². The number of para-hydroxylation sites is 1. The van der Waals surface area contributed by atoms with Gasteiger partial charge in [0.15, 0.2) is 11.5 Å². The molecule has 0 aliphatic carbocycles. The summed E-state index contributed by atoms with van der Waals surface area (Å²) in [5, 5.41) is 4.03. The van der Waals surface area contributed by atoms with Crippen LogP contribution >= 0.6 is 11.6 Å². The Kier molecular flexibility index (Phi) is 4.69. The minimum Gasteiger partial charge on any atom is -0.486 e. The number of hydrogen-bond acceptors (Lipinski definition) is 5. The first-order valence-corrected chi connectivity index (χ1v) is 9.77. The lowest BCUT2D eigenvalue weighted by molar-refractivity contribution is 0.102. The van der Waals surface area contributed by atoms with Crippen molar-refractivity contribution >= 4 is 34.1 Å². The van der Waals surface area contributed by atoms with Crippen LogP contribution in [0.25, 0.3) is 22.2 Å². The molecule has 0 saturated carbocycles. The average molecular weight is 418 g/mol. The van der Waals surface area contributed by atoms with Crippen molar-refractivity contribution in [2.45, 2.75) is 0 Å². The molecule has 2 aromatic heterocycles. The van der Waals surface area contributed by atoms with Crippen LogP contribution in [-0.2, 0) is 0 Å². The zero-order valence-electron chi connectivity index (χ0n) is 15.8. The average Bonchev–Trinajstić information content (AvgIpc) is 2.79. The number of nitrogens with zero attached hydrogens (tertiary/aromatic N) is 2. The number of amides is 1. The summed E-state index contributed by atoms with van der Waals surface area (Å²) in [5.41, 5.74) is 3.25. The lowest BCUT2D eigenvalue weighted by Crippen LogP contribution is -2.17. The van der Waals surface area contributed by atoms with E-state index in [1.165, 1.54) is 0 Å². The lowest BCUT2D eigenvalue weighted by atomic mass is 10.0. The smallest absolute Gasteiger partial charge is 0.256 e. The molecule has 2 aromatic carbocycles. The van der Waals surface area contributed by atoms with Crippen molar-refractivity contribution in [3.8, 4) is 22.8 Å². The molecule has 5 rings (SSSR count). The first kappa shape index (κ1) is 18.4. The predicted molar refractivity (Wildman–Crippen MR) is 115 cm³/mol. The molecule has 0 spiro atoms. The Morgan fingerprint density at radius 3 is 2.50 bits per heavy atom. The quantitative estimate of drug-likeness (QED) is 0.509. The van der Waals surface area contributed by atoms with Gasteiger partial charge in [-0.2, -0.15) is 0 Å². The maximum absolute atomic E-state index is 13.2. The zero-order chi connectivity index (χ0) is 20.5. The second-order valence-electron chi connectivity index (χ2n) is 6.74. The number of pyridine rings is 2. The molecule has 148 valence electrons. The van der Waals surface area contributed by atoms with Crippen LogP contribution in [0.5, 0.6) is 11.5 Å². The fourth-order valence-corrected chi connectivity index (χ4v) is 3.58. The Balaban J connectivity index is 1.56. The van der Waals surface area contributed by atoms with Crippen molar-refractivity contribution in [1.29, 1.82) is 0 Å². The molecule has 6 nitrogen and oxygen atoms in total. The van der Waals surface area contributed by atoms with Crippen LogP contribution in [0.4, 0.5) is 5.69 Å². The topological polar surface area (TPSA) is 73.3 Å². The van der Waals surface area contributed by atoms with E-state index in [1.807, 2.05) is 36.4 Å². The molecule has 4 aromatic rings. The van der Waals surface area contributed by atoms with Gasteiger partial charge in [0, 0.05) is 35.5 Å². The minimum atomic E-state index is -0.289. The van der Waals surface area contributed by atoms with E-state index in [0.717, 1.165) is 16.5 Å². The van der Waals surface area contributed by atoms with Gasteiger partial charge >= 0.3 is 0 Å². The van der Waals surface area contributed by atoms with Crippen LogP contribution in [-0.4, -0.2) is 29.1 Å². The summed E-state index contributed by atoms with van der Waals surface area (Å²) in [5.74, 6) is 0.832. The highest BCUT2D eigenvalue weighted by atomic mass is 35.5. The molecule has 0 radical (unpaired) electrons. The van der Waals surface area contributed by atoms with E-state index in [0.29, 0.717) is 46.7 Å². The van der Waals surface area contributed by atoms with Crippen LogP contribution < -0.4 is 14.8 Å². The van der Waals surface area contributed by atoms with E-state index >= 15 is 0 Å². The normalized spacial score (nSPS) is 12.6. The molecule has 1 aliphatic rings. The van der Waals surface area contributed by atoms with E-state index in [-0.39, 0.29) is 5.91 Å². The Morgan fingerprint density at radius 1 is 0.967 bits per heavy atom. The molecule has 1 amide bonds. The van der Waals surface area contributed by atoms with Crippen molar-refractivity contribution < 1.29 is 14.3 Å². The maximum Gasteiger partial charge on any atom is 0.256 e. The Hall–Kier alpha value is -3.64. The number of hydrogen-bond donors (Lipinski definition) is 1. The highest BCUT2D eigenvalue weighted by Gasteiger charge is 2.19. The summed E-state index contributed by atoms with van der Waals surface area (Å²) in [6, 6.07) is 16.4. The Morgan fingerprint density at radius 2 is 1.70 bits per heavy atom. The van der Waals surface area contributed by atoms with Gasteiger partial charge in [0.05, 0.1) is 27.5 Å². The zero-order valence-corrected chi connectivity index (χ0v) is 16.5. The van der Waals surface area contributed by atoms with Gasteiger partial charge in [-0.15, -0.1) is 0 Å². The molecular weight excluding hydrogens is 402 g/mol. The molecular formula is C23H16ClN3O3. The van der Waals surface area contributed by atoms with Crippen LogP contribution in [0.1, 0.15) is 10.4 Å². The Bertz CT molecular complexity index is 1260. The summed E-state index contributed by atoms with van der Waals surface area (Å²) in [7, 11) is 0. The van der Waals surface area contributed by atoms with Crippen molar-refractivity contribution in [2.24, 2.45) is 0 Å². The summed E-state index contributed by atoms with van der Waals surface area (Å²) < 4.78 is 11.1. The van der Waals surface area contributed by atoms with Crippen LogP contribution in [0.3, 0.4) is 0 Å². The van der Waals surface area contributed by atoms with E-state index in [4.69, 9.17) is 26.1 Å². The van der Waals surface area contributed by atoms with E-state index in [9.17, 15) is 4.79 Å². The molecule has 0 atom stereocenters. The third-order valence-corrected chi connectivity index (χ3v) is 5.13. The van der Waals surface area contributed by atoms with Gasteiger partial charge in [0.1, 0.15) is 13.2 Å². The van der Waals surface area contributed by atoms with Gasteiger partial charge in [-0.25, -0.2) is 4.98 Å². The third kappa shape index (κ3) is 3.42. The monoisotopic (exact) mass is 417 g/mol. The van der Waals surface area contributed by atoms with Crippen LogP contribution in [0.2, 0.25) is 5.02 Å². The molecule has 0 bridgehead atoms. The highest BCUT2D eigenvalue weighted by molar-refractivity contribution is 6.34. The van der Waals surface area contributed by atoms with Crippen molar-refractivity contribution in [3.63, 3.8) is 0 Å². The van der Waals surface area contributed by atoms with Crippen molar-refractivity contribution in [2.75, 3.05) is 18.5 Å². The summed E-state index contributed by atoms with van der Waals surface area (Å²) in [6.07, 6.45) is 3.39. The number of benzene rings is 2. The number of halogens is 1. The first-order chi connectivity index (χ1) is 14.7. The maximum atomic E-state index is 13.2. The number of rotatable bonds is 3. The summed E-state index contributed by atoms with van der Waals surface area (Å²) in [4.78, 5) is 22.0. The number of carbonyl (C=O) groups excluding carboxylic acids is 1. The SMILES string of the molecule is O=C(Nc1cc2c(cc1Cl)OCCO2)c1cc(-c2ccncc2)nc2ccccc12. The number of aromatic nitrogens is 2. The van der Waals surface area contributed by atoms with Gasteiger partial charge in [0.25, 0.3) is 5.91 Å². The van der Waals surface area contributed by atoms with Crippen molar-refractivity contribution in [3.05, 3.63) is 77.6 Å². The van der Waals surface area contributed by atoms with Gasteiger partial charge in [-0.3, -0.25) is 9.78 Å².